The van der Waals surface area contributed by atoms with Crippen molar-refractivity contribution < 1.29 is 14.3 Å². The van der Waals surface area contributed by atoms with Gasteiger partial charge in [0.05, 0.1) is 6.42 Å². The number of carbonyl (C=O) groups excluding carboxylic acids is 2. The van der Waals surface area contributed by atoms with Crippen molar-refractivity contribution in [3.8, 4) is 0 Å². The molecule has 6 heteroatoms. The highest BCUT2D eigenvalue weighted by Crippen LogP contribution is 2.11. The lowest BCUT2D eigenvalue weighted by atomic mass is 10.1. The van der Waals surface area contributed by atoms with Crippen molar-refractivity contribution in [1.29, 1.82) is 0 Å². The van der Waals surface area contributed by atoms with Gasteiger partial charge in [-0.25, -0.2) is 0 Å². The number of halogens is 2. The smallest absolute Gasteiger partial charge is 0.310 e. The molecular formula is C17H15Cl2NO3. The van der Waals surface area contributed by atoms with Gasteiger partial charge in [0, 0.05) is 16.6 Å². The Labute approximate surface area is 144 Å². The van der Waals surface area contributed by atoms with Crippen molar-refractivity contribution in [2.24, 2.45) is 0 Å². The fourth-order valence-electron chi connectivity index (χ4n) is 1.86. The quantitative estimate of drug-likeness (QED) is 0.811. The third-order valence-corrected chi connectivity index (χ3v) is 3.49. The van der Waals surface area contributed by atoms with E-state index in [9.17, 15) is 9.59 Å². The standard InChI is InChI=1S/C17H15Cl2NO3/c18-14-6-4-12(5-7-14)9-17(22)23-11-16(21)20-10-13-2-1-3-15(19)8-13/h1-8H,9-11H2,(H,20,21). The summed E-state index contributed by atoms with van der Waals surface area (Å²) in [6.45, 7) is 0.0150. The maximum atomic E-state index is 11.7. The monoisotopic (exact) mass is 351 g/mol. The summed E-state index contributed by atoms with van der Waals surface area (Å²) in [5, 5.41) is 3.86. The molecule has 0 saturated carbocycles. The Morgan fingerprint density at radius 3 is 2.39 bits per heavy atom. The summed E-state index contributed by atoms with van der Waals surface area (Å²) < 4.78 is 4.94. The Balaban J connectivity index is 1.71. The van der Waals surface area contributed by atoms with Crippen LogP contribution in [0.3, 0.4) is 0 Å². The lowest BCUT2D eigenvalue weighted by molar-refractivity contribution is -0.147. The van der Waals surface area contributed by atoms with Crippen LogP contribution in [0.1, 0.15) is 11.1 Å². The summed E-state index contributed by atoms with van der Waals surface area (Å²) in [5.41, 5.74) is 1.65. The van der Waals surface area contributed by atoms with Gasteiger partial charge in [0.25, 0.3) is 5.91 Å². The molecule has 1 N–H and O–H groups in total. The van der Waals surface area contributed by atoms with Gasteiger partial charge in [0.15, 0.2) is 6.61 Å². The van der Waals surface area contributed by atoms with Crippen molar-refractivity contribution in [1.82, 2.24) is 5.32 Å². The fraction of sp³-hybridized carbons (Fsp3) is 0.176. The molecule has 2 aromatic carbocycles. The molecule has 1 amide bonds. The van der Waals surface area contributed by atoms with E-state index < -0.39 is 5.97 Å². The van der Waals surface area contributed by atoms with Crippen LogP contribution in [0.2, 0.25) is 10.0 Å². The highest BCUT2D eigenvalue weighted by atomic mass is 35.5. The van der Waals surface area contributed by atoms with Crippen LogP contribution in [-0.2, 0) is 27.3 Å². The third-order valence-electron chi connectivity index (χ3n) is 3.00. The molecule has 0 spiro atoms. The zero-order chi connectivity index (χ0) is 16.7. The van der Waals surface area contributed by atoms with E-state index in [1.54, 1.807) is 42.5 Å². The van der Waals surface area contributed by atoms with Crippen molar-refractivity contribution in [3.63, 3.8) is 0 Å². The average molecular weight is 352 g/mol. The highest BCUT2D eigenvalue weighted by molar-refractivity contribution is 6.30. The van der Waals surface area contributed by atoms with Gasteiger partial charge >= 0.3 is 5.97 Å². The van der Waals surface area contributed by atoms with Crippen molar-refractivity contribution in [3.05, 3.63) is 69.7 Å². The number of ether oxygens (including phenoxy) is 1. The molecule has 0 fully saturated rings. The van der Waals surface area contributed by atoms with E-state index >= 15 is 0 Å². The van der Waals surface area contributed by atoms with Crippen LogP contribution in [0.25, 0.3) is 0 Å². The average Bonchev–Trinajstić information content (AvgIpc) is 2.53. The first-order chi connectivity index (χ1) is 11.0. The van der Waals surface area contributed by atoms with Gasteiger partial charge in [0.1, 0.15) is 0 Å². The summed E-state index contributed by atoms with van der Waals surface area (Å²) in [7, 11) is 0. The summed E-state index contributed by atoms with van der Waals surface area (Å²) >= 11 is 11.6. The minimum Gasteiger partial charge on any atom is -0.455 e. The maximum Gasteiger partial charge on any atom is 0.310 e. The number of esters is 1. The van der Waals surface area contributed by atoms with Gasteiger partial charge < -0.3 is 10.1 Å². The van der Waals surface area contributed by atoms with Crippen LogP contribution >= 0.6 is 23.2 Å². The second-order valence-electron chi connectivity index (χ2n) is 4.87. The van der Waals surface area contributed by atoms with E-state index in [0.717, 1.165) is 11.1 Å². The number of hydrogen-bond acceptors (Lipinski definition) is 3. The van der Waals surface area contributed by atoms with Crippen molar-refractivity contribution in [2.45, 2.75) is 13.0 Å². The predicted molar refractivity (Wildman–Crippen MR) is 89.4 cm³/mol. The lowest BCUT2D eigenvalue weighted by Crippen LogP contribution is -2.28. The number of benzene rings is 2. The minimum absolute atomic E-state index is 0.0960. The summed E-state index contributed by atoms with van der Waals surface area (Å²) in [5.74, 6) is -0.834. The molecule has 0 aliphatic heterocycles. The van der Waals surface area contributed by atoms with E-state index in [2.05, 4.69) is 5.32 Å². The number of rotatable bonds is 6. The molecular weight excluding hydrogens is 337 g/mol. The highest BCUT2D eigenvalue weighted by Gasteiger charge is 2.08. The van der Waals surface area contributed by atoms with Crippen molar-refractivity contribution in [2.75, 3.05) is 6.61 Å². The zero-order valence-corrected chi connectivity index (χ0v) is 13.7. The second-order valence-corrected chi connectivity index (χ2v) is 5.74. The van der Waals surface area contributed by atoms with Gasteiger partial charge in [0.2, 0.25) is 0 Å². The van der Waals surface area contributed by atoms with Crippen molar-refractivity contribution >= 4 is 35.1 Å². The predicted octanol–water partition coefficient (Wildman–Crippen LogP) is 3.40. The maximum absolute atomic E-state index is 11.7. The van der Waals surface area contributed by atoms with Gasteiger partial charge in [-0.2, -0.15) is 0 Å². The van der Waals surface area contributed by atoms with E-state index in [0.29, 0.717) is 16.6 Å². The molecule has 23 heavy (non-hydrogen) atoms. The van der Waals surface area contributed by atoms with Gasteiger partial charge in [-0.05, 0) is 35.4 Å². The number of hydrogen-bond donors (Lipinski definition) is 1. The van der Waals surface area contributed by atoms with Gasteiger partial charge in [-0.15, -0.1) is 0 Å². The van der Waals surface area contributed by atoms with E-state index in [-0.39, 0.29) is 18.9 Å². The third kappa shape index (κ3) is 6.30. The second kappa shape index (κ2) is 8.56. The lowest BCUT2D eigenvalue weighted by Gasteiger charge is -2.07. The molecule has 2 rings (SSSR count). The molecule has 2 aromatic rings. The van der Waals surface area contributed by atoms with Crippen LogP contribution < -0.4 is 5.32 Å². The fourth-order valence-corrected chi connectivity index (χ4v) is 2.20. The number of nitrogens with one attached hydrogen (secondary N) is 1. The molecule has 0 aromatic heterocycles. The first kappa shape index (κ1) is 17.3. The first-order valence-electron chi connectivity index (χ1n) is 6.94. The van der Waals surface area contributed by atoms with Crippen LogP contribution in [0.15, 0.2) is 48.5 Å². The molecule has 0 bridgehead atoms. The normalized spacial score (nSPS) is 10.2. The number of amides is 1. The zero-order valence-electron chi connectivity index (χ0n) is 12.2. The number of carbonyl (C=O) groups is 2. The molecule has 120 valence electrons. The van der Waals surface area contributed by atoms with E-state index in [4.69, 9.17) is 27.9 Å². The Kier molecular flexibility index (Phi) is 6.44. The van der Waals surface area contributed by atoms with Gasteiger partial charge in [-0.1, -0.05) is 47.5 Å². The minimum atomic E-state index is -0.467. The molecule has 0 heterocycles. The van der Waals surface area contributed by atoms with Crippen LogP contribution in [-0.4, -0.2) is 18.5 Å². The molecule has 0 unspecified atom stereocenters. The van der Waals surface area contributed by atoms with Gasteiger partial charge in [-0.3, -0.25) is 9.59 Å². The van der Waals surface area contributed by atoms with E-state index in [1.165, 1.54) is 0 Å². The Morgan fingerprint density at radius 2 is 1.70 bits per heavy atom. The van der Waals surface area contributed by atoms with Crippen LogP contribution in [0.4, 0.5) is 0 Å². The topological polar surface area (TPSA) is 55.4 Å². The molecule has 0 atom stereocenters. The Hall–Kier alpha value is -2.04. The van der Waals surface area contributed by atoms with Crippen LogP contribution in [0.5, 0.6) is 0 Å². The summed E-state index contributed by atoms with van der Waals surface area (Å²) in [6, 6.07) is 14.0. The SMILES string of the molecule is O=C(COC(=O)Cc1ccc(Cl)cc1)NCc1cccc(Cl)c1. The largest absolute Gasteiger partial charge is 0.455 e. The molecule has 0 radical (unpaired) electrons. The first-order valence-corrected chi connectivity index (χ1v) is 7.70. The Morgan fingerprint density at radius 1 is 0.957 bits per heavy atom. The molecule has 0 aliphatic carbocycles. The summed E-state index contributed by atoms with van der Waals surface area (Å²) in [4.78, 5) is 23.3. The summed E-state index contributed by atoms with van der Waals surface area (Å²) in [6.07, 6.45) is 0.0960. The molecule has 0 saturated heterocycles. The van der Waals surface area contributed by atoms with E-state index in [1.807, 2.05) is 6.07 Å². The Bertz CT molecular complexity index is 686. The van der Waals surface area contributed by atoms with Crippen LogP contribution in [0, 0.1) is 0 Å². The molecule has 0 aliphatic rings. The molecule has 4 nitrogen and oxygen atoms in total.